The Bertz CT molecular complexity index is 194. The topological polar surface area (TPSA) is 47.3 Å². The zero-order valence-corrected chi connectivity index (χ0v) is 9.49. The highest BCUT2D eigenvalue weighted by Gasteiger charge is 2.16. The van der Waals surface area contributed by atoms with Crippen LogP contribution in [0.1, 0.15) is 38.5 Å². The van der Waals surface area contributed by atoms with Crippen LogP contribution < -0.4 is 0 Å². The molecule has 0 aromatic rings. The van der Waals surface area contributed by atoms with E-state index in [1.54, 1.807) is 0 Å². The molecule has 0 aliphatic heterocycles. The standard InChI is InChI=1S/C12H22N2O/c13-7-4-8-14(9-10-15)11-12-5-2-1-3-6-12/h12,15H,1-6,8-11H2. The summed E-state index contributed by atoms with van der Waals surface area (Å²) >= 11 is 0. The van der Waals surface area contributed by atoms with Gasteiger partial charge >= 0.3 is 0 Å². The molecule has 1 fully saturated rings. The first kappa shape index (κ1) is 12.5. The van der Waals surface area contributed by atoms with Gasteiger partial charge in [-0.2, -0.15) is 5.26 Å². The van der Waals surface area contributed by atoms with Crippen LogP contribution in [0.4, 0.5) is 0 Å². The van der Waals surface area contributed by atoms with Crippen molar-refractivity contribution >= 4 is 0 Å². The van der Waals surface area contributed by atoms with Crippen LogP contribution in [0.5, 0.6) is 0 Å². The van der Waals surface area contributed by atoms with E-state index in [0.717, 1.165) is 25.6 Å². The van der Waals surface area contributed by atoms with Crippen LogP contribution in [0.15, 0.2) is 0 Å². The maximum atomic E-state index is 8.94. The van der Waals surface area contributed by atoms with Crippen LogP contribution >= 0.6 is 0 Å². The van der Waals surface area contributed by atoms with Crippen LogP contribution in [0, 0.1) is 17.2 Å². The van der Waals surface area contributed by atoms with Crippen molar-refractivity contribution in [1.82, 2.24) is 4.90 Å². The fraction of sp³-hybridized carbons (Fsp3) is 0.917. The molecule has 0 aromatic heterocycles. The van der Waals surface area contributed by atoms with Crippen molar-refractivity contribution in [2.75, 3.05) is 26.2 Å². The highest BCUT2D eigenvalue weighted by atomic mass is 16.3. The monoisotopic (exact) mass is 210 g/mol. The first-order valence-corrected chi connectivity index (χ1v) is 6.07. The van der Waals surface area contributed by atoms with Crippen molar-refractivity contribution in [3.05, 3.63) is 0 Å². The predicted octanol–water partition coefficient (Wildman–Crippen LogP) is 1.77. The highest BCUT2D eigenvalue weighted by Crippen LogP contribution is 2.24. The van der Waals surface area contributed by atoms with Crippen molar-refractivity contribution in [3.63, 3.8) is 0 Å². The minimum absolute atomic E-state index is 0.206. The molecular formula is C12H22N2O. The maximum absolute atomic E-state index is 8.94. The minimum Gasteiger partial charge on any atom is -0.395 e. The molecule has 0 atom stereocenters. The summed E-state index contributed by atoms with van der Waals surface area (Å²) in [5.74, 6) is 0.795. The van der Waals surface area contributed by atoms with E-state index in [9.17, 15) is 0 Å². The Morgan fingerprint density at radius 2 is 1.93 bits per heavy atom. The Labute approximate surface area is 92.7 Å². The summed E-state index contributed by atoms with van der Waals surface area (Å²) in [5.41, 5.74) is 0. The number of hydrogen-bond donors (Lipinski definition) is 1. The van der Waals surface area contributed by atoms with E-state index in [1.807, 2.05) is 0 Å². The lowest BCUT2D eigenvalue weighted by atomic mass is 9.89. The van der Waals surface area contributed by atoms with Crippen LogP contribution in [-0.4, -0.2) is 36.2 Å². The van der Waals surface area contributed by atoms with E-state index in [2.05, 4.69) is 11.0 Å². The van der Waals surface area contributed by atoms with Gasteiger partial charge in [0.25, 0.3) is 0 Å². The zero-order chi connectivity index (χ0) is 10.9. The molecule has 3 nitrogen and oxygen atoms in total. The molecule has 3 heteroatoms. The maximum Gasteiger partial charge on any atom is 0.0635 e. The number of aliphatic hydroxyl groups excluding tert-OH is 1. The van der Waals surface area contributed by atoms with Crippen molar-refractivity contribution < 1.29 is 5.11 Å². The second kappa shape index (κ2) is 7.67. The quantitative estimate of drug-likeness (QED) is 0.727. The third-order valence-corrected chi connectivity index (χ3v) is 3.20. The Balaban J connectivity index is 2.25. The van der Waals surface area contributed by atoms with Crippen molar-refractivity contribution in [2.24, 2.45) is 5.92 Å². The van der Waals surface area contributed by atoms with Gasteiger partial charge in [0, 0.05) is 26.1 Å². The second-order valence-corrected chi connectivity index (χ2v) is 4.44. The fourth-order valence-electron chi connectivity index (χ4n) is 2.38. The summed E-state index contributed by atoms with van der Waals surface area (Å²) in [5, 5.41) is 17.5. The lowest BCUT2D eigenvalue weighted by molar-refractivity contribution is 0.163. The van der Waals surface area contributed by atoms with Gasteiger partial charge in [0.2, 0.25) is 0 Å². The third-order valence-electron chi connectivity index (χ3n) is 3.20. The van der Waals surface area contributed by atoms with Crippen molar-refractivity contribution in [3.8, 4) is 6.07 Å². The zero-order valence-electron chi connectivity index (χ0n) is 9.49. The van der Waals surface area contributed by atoms with Crippen LogP contribution in [0.3, 0.4) is 0 Å². The minimum atomic E-state index is 0.206. The number of hydrogen-bond acceptors (Lipinski definition) is 3. The van der Waals surface area contributed by atoms with E-state index >= 15 is 0 Å². The summed E-state index contributed by atoms with van der Waals surface area (Å²) in [4.78, 5) is 2.24. The van der Waals surface area contributed by atoms with Gasteiger partial charge in [0.05, 0.1) is 12.7 Å². The molecule has 15 heavy (non-hydrogen) atoms. The smallest absolute Gasteiger partial charge is 0.0635 e. The van der Waals surface area contributed by atoms with Crippen molar-refractivity contribution in [1.29, 1.82) is 5.26 Å². The Morgan fingerprint density at radius 1 is 1.20 bits per heavy atom. The molecule has 1 N–H and O–H groups in total. The molecule has 1 rings (SSSR count). The Morgan fingerprint density at radius 3 is 2.53 bits per heavy atom. The second-order valence-electron chi connectivity index (χ2n) is 4.44. The van der Waals surface area contributed by atoms with E-state index in [-0.39, 0.29) is 6.61 Å². The van der Waals surface area contributed by atoms with Crippen LogP contribution in [0.25, 0.3) is 0 Å². The molecule has 0 spiro atoms. The van der Waals surface area contributed by atoms with E-state index in [0.29, 0.717) is 6.42 Å². The SMILES string of the molecule is N#CCCN(CCO)CC1CCCCC1. The normalized spacial score (nSPS) is 17.9. The molecule has 0 aromatic carbocycles. The lowest BCUT2D eigenvalue weighted by Gasteiger charge is -2.28. The van der Waals surface area contributed by atoms with Gasteiger partial charge in [0.1, 0.15) is 0 Å². The van der Waals surface area contributed by atoms with E-state index < -0.39 is 0 Å². The predicted molar refractivity (Wildman–Crippen MR) is 60.3 cm³/mol. The summed E-state index contributed by atoms with van der Waals surface area (Å²) in [6.45, 7) is 2.81. The Kier molecular flexibility index (Phi) is 6.38. The van der Waals surface area contributed by atoms with Gasteiger partial charge in [-0.1, -0.05) is 19.3 Å². The van der Waals surface area contributed by atoms with E-state index in [4.69, 9.17) is 10.4 Å². The number of aliphatic hydroxyl groups is 1. The van der Waals surface area contributed by atoms with Crippen LogP contribution in [0.2, 0.25) is 0 Å². The number of nitrogens with zero attached hydrogens (tertiary/aromatic N) is 2. The molecule has 1 saturated carbocycles. The number of rotatable bonds is 6. The first-order valence-electron chi connectivity index (χ1n) is 6.07. The molecule has 0 bridgehead atoms. The molecule has 0 radical (unpaired) electrons. The van der Waals surface area contributed by atoms with Gasteiger partial charge < -0.3 is 5.11 Å². The largest absolute Gasteiger partial charge is 0.395 e. The van der Waals surface area contributed by atoms with Crippen LogP contribution in [-0.2, 0) is 0 Å². The summed E-state index contributed by atoms with van der Waals surface area (Å²) in [6.07, 6.45) is 7.33. The molecule has 0 heterocycles. The molecule has 86 valence electrons. The Hall–Kier alpha value is -0.590. The van der Waals surface area contributed by atoms with Gasteiger partial charge in [-0.25, -0.2) is 0 Å². The highest BCUT2D eigenvalue weighted by molar-refractivity contribution is 4.75. The van der Waals surface area contributed by atoms with Crippen molar-refractivity contribution in [2.45, 2.75) is 38.5 Å². The third kappa shape index (κ3) is 5.15. The molecule has 0 amide bonds. The van der Waals surface area contributed by atoms with Gasteiger partial charge in [-0.3, -0.25) is 4.90 Å². The average Bonchev–Trinajstić information content (AvgIpc) is 2.28. The molecule has 1 aliphatic carbocycles. The van der Waals surface area contributed by atoms with Gasteiger partial charge in [-0.15, -0.1) is 0 Å². The van der Waals surface area contributed by atoms with E-state index in [1.165, 1.54) is 32.1 Å². The molecule has 1 aliphatic rings. The van der Waals surface area contributed by atoms with Gasteiger partial charge in [-0.05, 0) is 18.8 Å². The first-order chi connectivity index (χ1) is 7.36. The molecular weight excluding hydrogens is 188 g/mol. The fourth-order valence-corrected chi connectivity index (χ4v) is 2.38. The summed E-state index contributed by atoms with van der Waals surface area (Å²) in [7, 11) is 0. The van der Waals surface area contributed by atoms with Gasteiger partial charge in [0.15, 0.2) is 0 Å². The molecule has 0 unspecified atom stereocenters. The average molecular weight is 210 g/mol. The lowest BCUT2D eigenvalue weighted by Crippen LogP contribution is -2.33. The number of nitriles is 1. The molecule has 0 saturated heterocycles. The summed E-state index contributed by atoms with van der Waals surface area (Å²) in [6, 6.07) is 2.17. The summed E-state index contributed by atoms with van der Waals surface area (Å²) < 4.78 is 0.